The number of pyridine rings is 1. The molecule has 1 N–H and O–H groups in total. The first-order valence-corrected chi connectivity index (χ1v) is 14.5. The smallest absolute Gasteiger partial charge is 0.228 e. The van der Waals surface area contributed by atoms with Crippen LogP contribution in [-0.4, -0.2) is 41.5 Å². The summed E-state index contributed by atoms with van der Waals surface area (Å²) in [6, 6.07) is 8.12. The molecule has 37 heavy (non-hydrogen) atoms. The Morgan fingerprint density at radius 2 is 1.84 bits per heavy atom. The van der Waals surface area contributed by atoms with E-state index in [1.54, 1.807) is 0 Å². The molecule has 1 unspecified atom stereocenters. The minimum absolute atomic E-state index is 0.0228. The minimum Gasteiger partial charge on any atom is -0.339 e. The lowest BCUT2D eigenvalue weighted by molar-refractivity contribution is -0.143. The van der Waals surface area contributed by atoms with Crippen molar-refractivity contribution >= 4 is 17.5 Å². The number of halogens is 3. The zero-order valence-electron chi connectivity index (χ0n) is 21.3. The Balaban J connectivity index is 1.32. The van der Waals surface area contributed by atoms with Crippen LogP contribution in [0.3, 0.4) is 0 Å². The molecule has 1 aromatic heterocycles. The molecule has 2 aliphatic carbocycles. The molecule has 7 heteroatoms. The van der Waals surface area contributed by atoms with Crippen molar-refractivity contribution in [3.05, 3.63) is 63.9 Å². The molecule has 2 aliphatic heterocycles. The van der Waals surface area contributed by atoms with E-state index in [-0.39, 0.29) is 34.8 Å². The van der Waals surface area contributed by atoms with Crippen LogP contribution in [-0.2, 0) is 16.6 Å². The fourth-order valence-corrected chi connectivity index (χ4v) is 8.22. The van der Waals surface area contributed by atoms with E-state index in [1.165, 1.54) is 30.2 Å². The highest BCUT2D eigenvalue weighted by Gasteiger charge is 2.53. The second-order valence-corrected chi connectivity index (χ2v) is 12.1. The number of piperidine rings is 1. The zero-order valence-corrected chi connectivity index (χ0v) is 22.1. The summed E-state index contributed by atoms with van der Waals surface area (Å²) in [6.07, 6.45) is 9.79. The SMILES string of the molecule is O=C([C@@H]1CNC[C@]12CCCc1nc(Cl)ccc12)N1CC[C@@H](c2c(F)cccc2F)CC1C1CCCCC1. The maximum Gasteiger partial charge on any atom is 0.228 e. The number of hydrogen-bond donors (Lipinski definition) is 1. The number of nitrogens with one attached hydrogen (secondary N) is 1. The number of aromatic nitrogens is 1. The molecule has 1 saturated carbocycles. The fraction of sp³-hybridized carbons (Fsp3) is 0.600. The van der Waals surface area contributed by atoms with Gasteiger partial charge in [-0.15, -0.1) is 0 Å². The first-order chi connectivity index (χ1) is 18.0. The number of likely N-dealkylation sites (tertiary alicyclic amines) is 1. The van der Waals surface area contributed by atoms with Gasteiger partial charge in [0.2, 0.25) is 5.91 Å². The fourth-order valence-electron chi connectivity index (χ4n) is 8.05. The molecule has 1 spiro atoms. The van der Waals surface area contributed by atoms with Crippen molar-refractivity contribution in [2.75, 3.05) is 19.6 Å². The Morgan fingerprint density at radius 1 is 1.05 bits per heavy atom. The molecular formula is C30H36ClF2N3O. The van der Waals surface area contributed by atoms with Gasteiger partial charge in [0.05, 0.1) is 5.92 Å². The highest BCUT2D eigenvalue weighted by molar-refractivity contribution is 6.29. The van der Waals surface area contributed by atoms with E-state index in [4.69, 9.17) is 11.6 Å². The van der Waals surface area contributed by atoms with Crippen LogP contribution in [0.5, 0.6) is 0 Å². The van der Waals surface area contributed by atoms with Crippen LogP contribution in [0.25, 0.3) is 0 Å². The molecule has 0 radical (unpaired) electrons. The van der Waals surface area contributed by atoms with E-state index in [0.29, 0.717) is 37.0 Å². The molecule has 4 atom stereocenters. The van der Waals surface area contributed by atoms with Gasteiger partial charge in [-0.2, -0.15) is 0 Å². The van der Waals surface area contributed by atoms with Crippen LogP contribution in [0.4, 0.5) is 8.78 Å². The highest BCUT2D eigenvalue weighted by Crippen LogP contribution is 2.47. The lowest BCUT2D eigenvalue weighted by atomic mass is 9.64. The summed E-state index contributed by atoms with van der Waals surface area (Å²) < 4.78 is 29.5. The molecule has 3 fully saturated rings. The van der Waals surface area contributed by atoms with Crippen LogP contribution in [0.15, 0.2) is 30.3 Å². The Bertz CT molecular complexity index is 1150. The third-order valence-electron chi connectivity index (χ3n) is 9.80. The van der Waals surface area contributed by atoms with Crippen molar-refractivity contribution < 1.29 is 13.6 Å². The predicted octanol–water partition coefficient (Wildman–Crippen LogP) is 6.16. The van der Waals surface area contributed by atoms with Crippen LogP contribution in [0.2, 0.25) is 5.15 Å². The number of amides is 1. The van der Waals surface area contributed by atoms with Crippen LogP contribution in [0, 0.1) is 23.5 Å². The summed E-state index contributed by atoms with van der Waals surface area (Å²) >= 11 is 6.23. The van der Waals surface area contributed by atoms with Gasteiger partial charge in [-0.3, -0.25) is 4.79 Å². The van der Waals surface area contributed by atoms with E-state index in [2.05, 4.69) is 21.3 Å². The highest BCUT2D eigenvalue weighted by atomic mass is 35.5. The summed E-state index contributed by atoms with van der Waals surface area (Å²) in [5, 5.41) is 4.05. The predicted molar refractivity (Wildman–Crippen MR) is 141 cm³/mol. The average Bonchev–Trinajstić information content (AvgIpc) is 3.32. The molecule has 2 aromatic rings. The largest absolute Gasteiger partial charge is 0.339 e. The number of hydrogen-bond acceptors (Lipinski definition) is 3. The molecule has 198 valence electrons. The molecule has 2 saturated heterocycles. The van der Waals surface area contributed by atoms with Crippen LogP contribution in [0.1, 0.15) is 80.5 Å². The van der Waals surface area contributed by atoms with Gasteiger partial charge in [0, 0.05) is 42.3 Å². The molecule has 3 heterocycles. The van der Waals surface area contributed by atoms with Gasteiger partial charge >= 0.3 is 0 Å². The summed E-state index contributed by atoms with van der Waals surface area (Å²) in [5.41, 5.74) is 2.13. The van der Waals surface area contributed by atoms with E-state index in [0.717, 1.165) is 57.2 Å². The van der Waals surface area contributed by atoms with Crippen molar-refractivity contribution in [2.45, 2.75) is 81.6 Å². The Hall–Kier alpha value is -2.05. The van der Waals surface area contributed by atoms with Gasteiger partial charge in [0.15, 0.2) is 0 Å². The molecule has 4 aliphatic rings. The summed E-state index contributed by atoms with van der Waals surface area (Å²) in [5.74, 6) is -0.695. The molecule has 0 bridgehead atoms. The third kappa shape index (κ3) is 4.48. The van der Waals surface area contributed by atoms with Gasteiger partial charge in [-0.05, 0) is 80.5 Å². The second kappa shape index (κ2) is 10.3. The number of benzene rings is 1. The number of nitrogens with zero attached hydrogens (tertiary/aromatic N) is 2. The van der Waals surface area contributed by atoms with E-state index in [9.17, 15) is 13.6 Å². The molecule has 6 rings (SSSR count). The number of fused-ring (bicyclic) bond motifs is 2. The van der Waals surface area contributed by atoms with Gasteiger partial charge in [0.1, 0.15) is 16.8 Å². The monoisotopic (exact) mass is 527 g/mol. The van der Waals surface area contributed by atoms with Crippen molar-refractivity contribution in [3.63, 3.8) is 0 Å². The maximum atomic E-state index is 14.8. The summed E-state index contributed by atoms with van der Waals surface area (Å²) in [4.78, 5) is 21.2. The lowest BCUT2D eigenvalue weighted by Gasteiger charge is -2.48. The van der Waals surface area contributed by atoms with Gasteiger partial charge < -0.3 is 10.2 Å². The quantitative estimate of drug-likeness (QED) is 0.486. The van der Waals surface area contributed by atoms with Gasteiger partial charge in [-0.1, -0.05) is 43.0 Å². The van der Waals surface area contributed by atoms with Crippen LogP contribution < -0.4 is 5.32 Å². The van der Waals surface area contributed by atoms with Crippen molar-refractivity contribution in [1.82, 2.24) is 15.2 Å². The Morgan fingerprint density at radius 3 is 2.62 bits per heavy atom. The minimum atomic E-state index is -0.462. The number of rotatable bonds is 3. The lowest BCUT2D eigenvalue weighted by Crippen LogP contribution is -2.55. The van der Waals surface area contributed by atoms with Gasteiger partial charge in [0.25, 0.3) is 0 Å². The van der Waals surface area contributed by atoms with Crippen molar-refractivity contribution in [3.8, 4) is 0 Å². The summed E-state index contributed by atoms with van der Waals surface area (Å²) in [7, 11) is 0. The number of aryl methyl sites for hydroxylation is 1. The Kier molecular flexibility index (Phi) is 7.00. The number of carbonyl (C=O) groups excluding carboxylic acids is 1. The average molecular weight is 528 g/mol. The van der Waals surface area contributed by atoms with Crippen molar-refractivity contribution in [2.24, 2.45) is 11.8 Å². The topological polar surface area (TPSA) is 45.2 Å². The van der Waals surface area contributed by atoms with Crippen molar-refractivity contribution in [1.29, 1.82) is 0 Å². The molecule has 1 aromatic carbocycles. The number of carbonyl (C=O) groups is 1. The third-order valence-corrected chi connectivity index (χ3v) is 10.0. The first kappa shape index (κ1) is 25.2. The molecular weight excluding hydrogens is 492 g/mol. The maximum absolute atomic E-state index is 14.8. The summed E-state index contributed by atoms with van der Waals surface area (Å²) in [6.45, 7) is 1.97. The zero-order chi connectivity index (χ0) is 25.6. The first-order valence-electron chi connectivity index (χ1n) is 14.1. The Labute approximate surface area is 223 Å². The van der Waals surface area contributed by atoms with E-state index in [1.807, 2.05) is 6.07 Å². The van der Waals surface area contributed by atoms with Gasteiger partial charge in [-0.25, -0.2) is 13.8 Å². The standard InChI is InChI=1S/C30H36ClF2N3O/c31-27-12-11-21-25(35-27)10-5-14-30(21)18-34-17-22(30)29(37)36-15-13-20(28-23(32)8-4-9-24(28)33)16-26(36)19-6-2-1-3-7-19/h4,8-9,11-12,19-20,22,26,34H,1-3,5-7,10,13-18H2/t20-,22+,26?,30+/m1/s1. The normalized spacial score (nSPS) is 30.5. The second-order valence-electron chi connectivity index (χ2n) is 11.7. The van der Waals surface area contributed by atoms with Crippen LogP contribution >= 0.6 is 11.6 Å². The molecule has 1 amide bonds. The molecule has 4 nitrogen and oxygen atoms in total. The van der Waals surface area contributed by atoms with E-state index < -0.39 is 11.6 Å². The van der Waals surface area contributed by atoms with E-state index >= 15 is 0 Å².